The van der Waals surface area contributed by atoms with Crippen LogP contribution in [0.4, 0.5) is 0 Å². The van der Waals surface area contributed by atoms with E-state index in [-0.39, 0.29) is 11.9 Å². The van der Waals surface area contributed by atoms with E-state index in [2.05, 4.69) is 21.7 Å². The first-order valence-electron chi connectivity index (χ1n) is 7.02. The Bertz CT molecular complexity index is 552. The highest BCUT2D eigenvalue weighted by Gasteiger charge is 2.11. The van der Waals surface area contributed by atoms with Gasteiger partial charge in [0.25, 0.3) is 0 Å². The fourth-order valence-electron chi connectivity index (χ4n) is 2.02. The van der Waals surface area contributed by atoms with Crippen LogP contribution >= 0.6 is 11.3 Å². The second-order valence-corrected chi connectivity index (χ2v) is 6.03. The summed E-state index contributed by atoms with van der Waals surface area (Å²) in [4.78, 5) is 16.3. The zero-order chi connectivity index (χ0) is 15.1. The van der Waals surface area contributed by atoms with Crippen LogP contribution in [-0.2, 0) is 16.0 Å². The second-order valence-electron chi connectivity index (χ2n) is 4.92. The number of carbonyl (C=O) groups is 1. The number of methoxy groups -OCH3 is 1. The summed E-state index contributed by atoms with van der Waals surface area (Å²) in [5.74, 6) is -0.000265. The highest BCUT2D eigenvalue weighted by Crippen LogP contribution is 2.22. The number of nitrogens with one attached hydrogen (secondary N) is 2. The normalized spacial score (nSPS) is 12.5. The van der Waals surface area contributed by atoms with E-state index in [1.165, 1.54) is 4.70 Å². The number of aromatic nitrogens is 1. The third-order valence-electron chi connectivity index (χ3n) is 2.99. The number of nitrogens with zero attached hydrogens (tertiary/aromatic N) is 1. The van der Waals surface area contributed by atoms with Gasteiger partial charge in [-0.15, -0.1) is 11.3 Å². The van der Waals surface area contributed by atoms with Crippen molar-refractivity contribution in [3.8, 4) is 0 Å². The van der Waals surface area contributed by atoms with E-state index < -0.39 is 0 Å². The largest absolute Gasteiger partial charge is 0.383 e. The molecule has 114 valence electrons. The van der Waals surface area contributed by atoms with Crippen LogP contribution in [0.2, 0.25) is 0 Å². The summed E-state index contributed by atoms with van der Waals surface area (Å²) in [5, 5.41) is 7.05. The lowest BCUT2D eigenvalue weighted by Crippen LogP contribution is -2.40. The van der Waals surface area contributed by atoms with E-state index in [1.54, 1.807) is 18.4 Å². The SMILES string of the molecule is COCCNCC(=O)NC(C)Cc1nc2ccccc2s1. The number of hydrogen-bond donors (Lipinski definition) is 2. The summed E-state index contributed by atoms with van der Waals surface area (Å²) >= 11 is 1.68. The Kier molecular flexibility index (Phi) is 6.10. The minimum Gasteiger partial charge on any atom is -0.383 e. The maximum absolute atomic E-state index is 11.7. The molecule has 0 spiro atoms. The van der Waals surface area contributed by atoms with Crippen LogP contribution in [0.5, 0.6) is 0 Å². The van der Waals surface area contributed by atoms with Crippen molar-refractivity contribution < 1.29 is 9.53 Å². The summed E-state index contributed by atoms with van der Waals surface area (Å²) in [6, 6.07) is 8.16. The van der Waals surface area contributed by atoms with E-state index in [0.717, 1.165) is 16.9 Å². The highest BCUT2D eigenvalue weighted by atomic mass is 32.1. The molecule has 0 aliphatic rings. The van der Waals surface area contributed by atoms with Crippen molar-refractivity contribution in [1.29, 1.82) is 0 Å². The average Bonchev–Trinajstić information content (AvgIpc) is 2.85. The van der Waals surface area contributed by atoms with Gasteiger partial charge >= 0.3 is 0 Å². The Morgan fingerprint density at radius 1 is 1.43 bits per heavy atom. The molecule has 0 fully saturated rings. The highest BCUT2D eigenvalue weighted by molar-refractivity contribution is 7.18. The van der Waals surface area contributed by atoms with Gasteiger partial charge in [0.05, 0.1) is 28.4 Å². The van der Waals surface area contributed by atoms with Crippen molar-refractivity contribution in [2.75, 3.05) is 26.8 Å². The predicted molar refractivity (Wildman–Crippen MR) is 85.7 cm³/mol. The van der Waals surface area contributed by atoms with Crippen LogP contribution in [0.25, 0.3) is 10.2 Å². The van der Waals surface area contributed by atoms with Crippen molar-refractivity contribution in [3.05, 3.63) is 29.3 Å². The van der Waals surface area contributed by atoms with Crippen molar-refractivity contribution in [1.82, 2.24) is 15.6 Å². The number of rotatable bonds is 8. The molecule has 0 radical (unpaired) electrons. The lowest BCUT2D eigenvalue weighted by Gasteiger charge is -2.12. The summed E-state index contributed by atoms with van der Waals surface area (Å²) in [5.41, 5.74) is 1.03. The smallest absolute Gasteiger partial charge is 0.234 e. The van der Waals surface area contributed by atoms with Gasteiger partial charge in [-0.1, -0.05) is 12.1 Å². The molecular formula is C15H21N3O2S. The van der Waals surface area contributed by atoms with Gasteiger partial charge in [0.2, 0.25) is 5.91 Å². The maximum Gasteiger partial charge on any atom is 0.234 e. The fourth-order valence-corrected chi connectivity index (χ4v) is 3.12. The van der Waals surface area contributed by atoms with E-state index in [4.69, 9.17) is 4.74 Å². The molecule has 2 rings (SSSR count). The molecule has 1 heterocycles. The van der Waals surface area contributed by atoms with Gasteiger partial charge in [-0.3, -0.25) is 4.79 Å². The Hall–Kier alpha value is -1.50. The summed E-state index contributed by atoms with van der Waals surface area (Å²) in [7, 11) is 1.64. The molecule has 5 nitrogen and oxygen atoms in total. The summed E-state index contributed by atoms with van der Waals surface area (Å²) in [6.07, 6.45) is 0.753. The van der Waals surface area contributed by atoms with Crippen LogP contribution in [-0.4, -0.2) is 43.7 Å². The van der Waals surface area contributed by atoms with Crippen LogP contribution in [0.1, 0.15) is 11.9 Å². The zero-order valence-corrected chi connectivity index (χ0v) is 13.2. The zero-order valence-electron chi connectivity index (χ0n) is 12.4. The van der Waals surface area contributed by atoms with E-state index >= 15 is 0 Å². The molecule has 1 amide bonds. The molecule has 1 aromatic carbocycles. The van der Waals surface area contributed by atoms with Crippen LogP contribution in [0, 0.1) is 0 Å². The Balaban J connectivity index is 1.78. The third kappa shape index (κ3) is 5.08. The third-order valence-corrected chi connectivity index (χ3v) is 4.05. The molecule has 1 unspecified atom stereocenters. The summed E-state index contributed by atoms with van der Waals surface area (Å²) < 4.78 is 6.10. The first-order valence-corrected chi connectivity index (χ1v) is 7.84. The number of fused-ring (bicyclic) bond motifs is 1. The van der Waals surface area contributed by atoms with Crippen molar-refractivity contribution in [2.45, 2.75) is 19.4 Å². The molecule has 2 aromatic rings. The fraction of sp³-hybridized carbons (Fsp3) is 0.467. The number of carbonyl (C=O) groups excluding carboxylic acids is 1. The van der Waals surface area contributed by atoms with Gasteiger partial charge in [0.15, 0.2) is 0 Å². The number of ether oxygens (including phenoxy) is 1. The van der Waals surface area contributed by atoms with Gasteiger partial charge in [0, 0.05) is 26.1 Å². The predicted octanol–water partition coefficient (Wildman–Crippen LogP) is 1.58. The lowest BCUT2D eigenvalue weighted by atomic mass is 10.2. The molecule has 1 aromatic heterocycles. The number of thiazole rings is 1. The molecule has 6 heteroatoms. The number of hydrogen-bond acceptors (Lipinski definition) is 5. The Morgan fingerprint density at radius 2 is 2.24 bits per heavy atom. The molecule has 0 aliphatic carbocycles. The van der Waals surface area contributed by atoms with Crippen molar-refractivity contribution in [3.63, 3.8) is 0 Å². The first kappa shape index (κ1) is 15.9. The van der Waals surface area contributed by atoms with Gasteiger partial charge < -0.3 is 15.4 Å². The number of amides is 1. The molecule has 0 bridgehead atoms. The van der Waals surface area contributed by atoms with Gasteiger partial charge in [-0.25, -0.2) is 4.98 Å². The van der Waals surface area contributed by atoms with Crippen LogP contribution in [0.15, 0.2) is 24.3 Å². The van der Waals surface area contributed by atoms with Gasteiger partial charge in [0.1, 0.15) is 0 Å². The topological polar surface area (TPSA) is 63.2 Å². The molecule has 2 N–H and O–H groups in total. The molecule has 0 aliphatic heterocycles. The van der Waals surface area contributed by atoms with Crippen molar-refractivity contribution >= 4 is 27.5 Å². The van der Waals surface area contributed by atoms with E-state index in [9.17, 15) is 4.79 Å². The molecule has 0 saturated carbocycles. The Morgan fingerprint density at radius 3 is 3.00 bits per heavy atom. The standard InChI is InChI=1S/C15H21N3O2S/c1-11(17-14(19)10-16-7-8-20-2)9-15-18-12-5-3-4-6-13(12)21-15/h3-6,11,16H,7-10H2,1-2H3,(H,17,19). The van der Waals surface area contributed by atoms with Gasteiger partial charge in [-0.2, -0.15) is 0 Å². The van der Waals surface area contributed by atoms with Crippen LogP contribution < -0.4 is 10.6 Å². The summed E-state index contributed by atoms with van der Waals surface area (Å²) in [6.45, 7) is 3.59. The molecular weight excluding hydrogens is 286 g/mol. The number of benzene rings is 1. The minimum absolute atomic E-state index is 0.000265. The molecule has 0 saturated heterocycles. The first-order chi connectivity index (χ1) is 10.2. The average molecular weight is 307 g/mol. The second kappa shape index (κ2) is 8.07. The lowest BCUT2D eigenvalue weighted by molar-refractivity contribution is -0.120. The van der Waals surface area contributed by atoms with Gasteiger partial charge in [-0.05, 0) is 19.1 Å². The molecule has 21 heavy (non-hydrogen) atoms. The van der Waals surface area contributed by atoms with Crippen LogP contribution in [0.3, 0.4) is 0 Å². The van der Waals surface area contributed by atoms with E-state index in [1.807, 2.05) is 25.1 Å². The monoisotopic (exact) mass is 307 g/mol. The number of para-hydroxylation sites is 1. The quantitative estimate of drug-likeness (QED) is 0.727. The van der Waals surface area contributed by atoms with Crippen molar-refractivity contribution in [2.24, 2.45) is 0 Å². The molecule has 1 atom stereocenters. The Labute approximate surface area is 128 Å². The van der Waals surface area contributed by atoms with E-state index in [0.29, 0.717) is 19.7 Å². The minimum atomic E-state index is -0.000265. The maximum atomic E-state index is 11.7.